The Balaban J connectivity index is 1.74. The normalized spacial score (nSPS) is 11.1. The number of hydrogen-bond acceptors (Lipinski definition) is 6. The fraction of sp³-hybridized carbons (Fsp3) is 0.240. The average molecular weight is 485 g/mol. The Bertz CT molecular complexity index is 1240. The van der Waals surface area contributed by atoms with Gasteiger partial charge in [0.15, 0.2) is 11.5 Å². The molecule has 0 aromatic heterocycles. The van der Waals surface area contributed by atoms with Crippen LogP contribution in [0.2, 0.25) is 0 Å². The van der Waals surface area contributed by atoms with Crippen molar-refractivity contribution in [2.24, 2.45) is 5.92 Å². The summed E-state index contributed by atoms with van der Waals surface area (Å²) in [5, 5.41) is 2.73. The van der Waals surface area contributed by atoms with E-state index in [0.717, 1.165) is 0 Å². The molecule has 0 aliphatic rings. The number of benzene rings is 3. The molecule has 0 unspecified atom stereocenters. The summed E-state index contributed by atoms with van der Waals surface area (Å²) in [5.74, 6) is 1.53. The van der Waals surface area contributed by atoms with Crippen LogP contribution in [0.4, 0.5) is 11.4 Å². The highest BCUT2D eigenvalue weighted by Crippen LogP contribution is 2.29. The SMILES string of the molecule is COc1ccc(NS(=O)(=O)c2cccc(NC(=O)c3ccc(OCC(C)C)c(OC)c3)c2)cc1. The lowest BCUT2D eigenvalue weighted by Crippen LogP contribution is -2.15. The third-order valence-electron chi connectivity index (χ3n) is 4.74. The molecular weight excluding hydrogens is 456 g/mol. The van der Waals surface area contributed by atoms with Gasteiger partial charge < -0.3 is 19.5 Å². The zero-order chi connectivity index (χ0) is 24.7. The molecule has 0 radical (unpaired) electrons. The summed E-state index contributed by atoms with van der Waals surface area (Å²) in [6.45, 7) is 4.60. The van der Waals surface area contributed by atoms with Gasteiger partial charge in [-0.05, 0) is 66.6 Å². The van der Waals surface area contributed by atoms with Crippen LogP contribution in [0.25, 0.3) is 0 Å². The lowest BCUT2D eigenvalue weighted by Gasteiger charge is -2.14. The summed E-state index contributed by atoms with van der Waals surface area (Å²) < 4.78 is 44.3. The van der Waals surface area contributed by atoms with E-state index in [1.165, 1.54) is 26.4 Å². The Labute approximate surface area is 199 Å². The summed E-state index contributed by atoms with van der Waals surface area (Å²) in [6, 6.07) is 17.4. The van der Waals surface area contributed by atoms with Crippen molar-refractivity contribution in [1.29, 1.82) is 0 Å². The Hall–Kier alpha value is -3.72. The van der Waals surface area contributed by atoms with Gasteiger partial charge in [-0.3, -0.25) is 9.52 Å². The number of carbonyl (C=O) groups is 1. The quantitative estimate of drug-likeness (QED) is 0.429. The second kappa shape index (κ2) is 10.9. The smallest absolute Gasteiger partial charge is 0.261 e. The maximum absolute atomic E-state index is 12.8. The van der Waals surface area contributed by atoms with E-state index in [1.54, 1.807) is 54.6 Å². The fourth-order valence-electron chi connectivity index (χ4n) is 3.00. The van der Waals surface area contributed by atoms with Crippen LogP contribution in [0.5, 0.6) is 17.2 Å². The predicted octanol–water partition coefficient (Wildman–Crippen LogP) is 4.79. The van der Waals surface area contributed by atoms with E-state index in [0.29, 0.717) is 46.7 Å². The summed E-state index contributed by atoms with van der Waals surface area (Å²) in [4.78, 5) is 12.8. The molecule has 0 saturated heterocycles. The fourth-order valence-corrected chi connectivity index (χ4v) is 4.11. The Morgan fingerprint density at radius 3 is 2.26 bits per heavy atom. The molecule has 3 aromatic rings. The third-order valence-corrected chi connectivity index (χ3v) is 6.12. The van der Waals surface area contributed by atoms with E-state index in [4.69, 9.17) is 14.2 Å². The molecule has 3 rings (SSSR count). The molecule has 3 aromatic carbocycles. The molecule has 8 nitrogen and oxygen atoms in total. The second-order valence-electron chi connectivity index (χ2n) is 7.89. The molecule has 0 heterocycles. The number of sulfonamides is 1. The van der Waals surface area contributed by atoms with Crippen molar-refractivity contribution in [2.75, 3.05) is 30.9 Å². The van der Waals surface area contributed by atoms with E-state index in [-0.39, 0.29) is 4.90 Å². The standard InChI is InChI=1S/C25H28N2O6S/c1-17(2)16-33-23-13-8-18(14-24(23)32-4)25(28)26-20-6-5-7-22(15-20)34(29,30)27-19-9-11-21(31-3)12-10-19/h5-15,17,27H,16H2,1-4H3,(H,26,28). The van der Waals surface area contributed by atoms with Crippen molar-refractivity contribution in [3.05, 3.63) is 72.3 Å². The molecular formula is C25H28N2O6S. The van der Waals surface area contributed by atoms with Gasteiger partial charge in [0, 0.05) is 16.9 Å². The van der Waals surface area contributed by atoms with Crippen LogP contribution in [0.3, 0.4) is 0 Å². The molecule has 0 aliphatic carbocycles. The summed E-state index contributed by atoms with van der Waals surface area (Å²) in [5.41, 5.74) is 1.07. The number of anilines is 2. The summed E-state index contributed by atoms with van der Waals surface area (Å²) in [6.07, 6.45) is 0. The average Bonchev–Trinajstić information content (AvgIpc) is 2.83. The number of ether oxygens (including phenoxy) is 3. The van der Waals surface area contributed by atoms with E-state index >= 15 is 0 Å². The van der Waals surface area contributed by atoms with Gasteiger partial charge in [-0.25, -0.2) is 8.42 Å². The lowest BCUT2D eigenvalue weighted by atomic mass is 10.1. The van der Waals surface area contributed by atoms with E-state index in [2.05, 4.69) is 10.0 Å². The largest absolute Gasteiger partial charge is 0.497 e. The Kier molecular flexibility index (Phi) is 8.01. The first-order valence-corrected chi connectivity index (χ1v) is 12.1. The molecule has 0 fully saturated rings. The maximum atomic E-state index is 12.8. The van der Waals surface area contributed by atoms with Crippen molar-refractivity contribution in [1.82, 2.24) is 0 Å². The van der Waals surface area contributed by atoms with Crippen LogP contribution in [-0.4, -0.2) is 35.2 Å². The Morgan fingerprint density at radius 1 is 0.882 bits per heavy atom. The molecule has 0 saturated carbocycles. The van der Waals surface area contributed by atoms with Gasteiger partial charge in [0.2, 0.25) is 0 Å². The van der Waals surface area contributed by atoms with Crippen molar-refractivity contribution < 1.29 is 27.4 Å². The van der Waals surface area contributed by atoms with Crippen molar-refractivity contribution in [3.63, 3.8) is 0 Å². The molecule has 180 valence electrons. The van der Waals surface area contributed by atoms with Gasteiger partial charge in [-0.2, -0.15) is 0 Å². The summed E-state index contributed by atoms with van der Waals surface area (Å²) in [7, 11) is -0.829. The van der Waals surface area contributed by atoms with Gasteiger partial charge in [0.1, 0.15) is 5.75 Å². The number of nitrogens with one attached hydrogen (secondary N) is 2. The molecule has 34 heavy (non-hydrogen) atoms. The summed E-state index contributed by atoms with van der Waals surface area (Å²) >= 11 is 0. The molecule has 2 N–H and O–H groups in total. The minimum atomic E-state index is -3.86. The number of carbonyl (C=O) groups excluding carboxylic acids is 1. The van der Waals surface area contributed by atoms with Crippen LogP contribution in [0.15, 0.2) is 71.6 Å². The van der Waals surface area contributed by atoms with Crippen LogP contribution in [-0.2, 0) is 10.0 Å². The first-order valence-electron chi connectivity index (χ1n) is 10.6. The van der Waals surface area contributed by atoms with Crippen LogP contribution >= 0.6 is 0 Å². The van der Waals surface area contributed by atoms with Gasteiger partial charge in [-0.15, -0.1) is 0 Å². The molecule has 0 spiro atoms. The minimum Gasteiger partial charge on any atom is -0.497 e. The van der Waals surface area contributed by atoms with E-state index in [1.807, 2.05) is 13.8 Å². The molecule has 0 bridgehead atoms. The topological polar surface area (TPSA) is 103 Å². The molecule has 0 atom stereocenters. The monoisotopic (exact) mass is 484 g/mol. The Morgan fingerprint density at radius 2 is 1.62 bits per heavy atom. The molecule has 9 heteroatoms. The number of amides is 1. The highest BCUT2D eigenvalue weighted by Gasteiger charge is 2.17. The zero-order valence-corrected chi connectivity index (χ0v) is 20.3. The highest BCUT2D eigenvalue weighted by molar-refractivity contribution is 7.92. The van der Waals surface area contributed by atoms with Gasteiger partial charge in [0.05, 0.1) is 25.7 Å². The number of rotatable bonds is 10. The lowest BCUT2D eigenvalue weighted by molar-refractivity contribution is 0.102. The predicted molar refractivity (Wildman–Crippen MR) is 132 cm³/mol. The first kappa shape index (κ1) is 24.9. The second-order valence-corrected chi connectivity index (χ2v) is 9.57. The van der Waals surface area contributed by atoms with Crippen LogP contribution < -0.4 is 24.2 Å². The molecule has 0 aliphatic heterocycles. The maximum Gasteiger partial charge on any atom is 0.261 e. The van der Waals surface area contributed by atoms with Crippen LogP contribution in [0.1, 0.15) is 24.2 Å². The van der Waals surface area contributed by atoms with Crippen LogP contribution in [0, 0.1) is 5.92 Å². The van der Waals surface area contributed by atoms with Gasteiger partial charge in [-0.1, -0.05) is 19.9 Å². The van der Waals surface area contributed by atoms with Crippen molar-refractivity contribution >= 4 is 27.3 Å². The van der Waals surface area contributed by atoms with E-state index in [9.17, 15) is 13.2 Å². The van der Waals surface area contributed by atoms with Crippen molar-refractivity contribution in [3.8, 4) is 17.2 Å². The van der Waals surface area contributed by atoms with E-state index < -0.39 is 15.9 Å². The number of hydrogen-bond donors (Lipinski definition) is 2. The van der Waals surface area contributed by atoms with Gasteiger partial charge >= 0.3 is 0 Å². The number of methoxy groups -OCH3 is 2. The van der Waals surface area contributed by atoms with Crippen molar-refractivity contribution in [2.45, 2.75) is 18.7 Å². The first-order chi connectivity index (χ1) is 16.2. The minimum absolute atomic E-state index is 0.0103. The zero-order valence-electron chi connectivity index (χ0n) is 19.5. The third kappa shape index (κ3) is 6.41. The van der Waals surface area contributed by atoms with Gasteiger partial charge in [0.25, 0.3) is 15.9 Å². The highest BCUT2D eigenvalue weighted by atomic mass is 32.2. The molecule has 1 amide bonds.